The Kier molecular flexibility index (Phi) is 5.52. The van der Waals surface area contributed by atoms with Crippen LogP contribution in [0.1, 0.15) is 5.56 Å². The van der Waals surface area contributed by atoms with Gasteiger partial charge in [0.15, 0.2) is 0 Å². The molecule has 0 fully saturated rings. The van der Waals surface area contributed by atoms with Gasteiger partial charge in [0.05, 0.1) is 6.54 Å². The van der Waals surface area contributed by atoms with Crippen LogP contribution in [-0.4, -0.2) is 15.0 Å². The number of hydrogen-bond donors (Lipinski definition) is 1. The largest absolute Gasteiger partial charge is 0.331 e. The second-order valence-corrected chi connectivity index (χ2v) is 6.27. The zero-order valence-electron chi connectivity index (χ0n) is 14.1. The molecule has 138 valence electrons. The van der Waals surface area contributed by atoms with Crippen LogP contribution in [0, 0.1) is 5.82 Å². The Balaban J connectivity index is 1.80. The number of halogens is 2. The van der Waals surface area contributed by atoms with Crippen molar-refractivity contribution in [1.29, 1.82) is 0 Å². The lowest BCUT2D eigenvalue weighted by Gasteiger charge is -2.10. The molecule has 0 aliphatic carbocycles. The van der Waals surface area contributed by atoms with Gasteiger partial charge in [0.1, 0.15) is 12.4 Å². The predicted octanol–water partition coefficient (Wildman–Crippen LogP) is 2.49. The second kappa shape index (κ2) is 8.01. The van der Waals surface area contributed by atoms with Gasteiger partial charge in [-0.15, -0.1) is 0 Å². The molecule has 1 amide bonds. The van der Waals surface area contributed by atoms with Crippen LogP contribution < -0.4 is 16.6 Å². The fraction of sp³-hybridized carbons (Fsp3) is 0.105. The Labute approximate surface area is 158 Å². The van der Waals surface area contributed by atoms with Crippen LogP contribution in [0.5, 0.6) is 0 Å². The van der Waals surface area contributed by atoms with Gasteiger partial charge in [0, 0.05) is 23.0 Å². The Hall–Kier alpha value is -3.19. The van der Waals surface area contributed by atoms with Gasteiger partial charge >= 0.3 is 5.69 Å². The molecule has 0 radical (unpaired) electrons. The van der Waals surface area contributed by atoms with E-state index in [-0.39, 0.29) is 6.54 Å². The first-order valence-corrected chi connectivity index (χ1v) is 8.40. The van der Waals surface area contributed by atoms with Crippen LogP contribution in [-0.2, 0) is 17.9 Å². The number of carbonyl (C=O) groups excluding carboxylic acids is 1. The number of hydrogen-bond acceptors (Lipinski definition) is 3. The molecule has 1 aromatic heterocycles. The maximum Gasteiger partial charge on any atom is 0.331 e. The van der Waals surface area contributed by atoms with E-state index >= 15 is 0 Å². The number of rotatable bonds is 5. The van der Waals surface area contributed by atoms with Gasteiger partial charge in [0.25, 0.3) is 5.56 Å². The summed E-state index contributed by atoms with van der Waals surface area (Å²) in [6.07, 6.45) is 1.32. The van der Waals surface area contributed by atoms with E-state index in [1.54, 1.807) is 30.3 Å². The van der Waals surface area contributed by atoms with Crippen LogP contribution in [0.15, 0.2) is 70.4 Å². The monoisotopic (exact) mass is 387 g/mol. The molecule has 0 saturated carbocycles. The zero-order chi connectivity index (χ0) is 19.4. The Morgan fingerprint density at radius 3 is 2.52 bits per heavy atom. The zero-order valence-corrected chi connectivity index (χ0v) is 14.8. The second-order valence-electron chi connectivity index (χ2n) is 5.84. The van der Waals surface area contributed by atoms with Crippen molar-refractivity contribution in [2.24, 2.45) is 0 Å². The summed E-state index contributed by atoms with van der Waals surface area (Å²) in [6, 6.07) is 13.4. The average molecular weight is 388 g/mol. The quantitative estimate of drug-likeness (QED) is 0.731. The highest BCUT2D eigenvalue weighted by molar-refractivity contribution is 6.30. The van der Waals surface area contributed by atoms with E-state index < -0.39 is 29.5 Å². The first kappa shape index (κ1) is 18.6. The minimum absolute atomic E-state index is 0.0790. The molecule has 27 heavy (non-hydrogen) atoms. The van der Waals surface area contributed by atoms with Crippen LogP contribution in [0.2, 0.25) is 5.02 Å². The third-order valence-electron chi connectivity index (χ3n) is 3.81. The van der Waals surface area contributed by atoms with Crippen molar-refractivity contribution in [2.75, 3.05) is 5.32 Å². The Bertz CT molecular complexity index is 1090. The molecule has 1 N–H and O–H groups in total. The van der Waals surface area contributed by atoms with E-state index in [1.807, 2.05) is 0 Å². The predicted molar refractivity (Wildman–Crippen MR) is 101 cm³/mol. The fourth-order valence-corrected chi connectivity index (χ4v) is 2.66. The summed E-state index contributed by atoms with van der Waals surface area (Å²) in [5.74, 6) is -0.948. The lowest BCUT2D eigenvalue weighted by molar-refractivity contribution is -0.116. The van der Waals surface area contributed by atoms with Crippen molar-refractivity contribution >= 4 is 23.2 Å². The van der Waals surface area contributed by atoms with Crippen LogP contribution in [0.25, 0.3) is 0 Å². The van der Waals surface area contributed by atoms with Gasteiger partial charge in [-0.2, -0.15) is 0 Å². The van der Waals surface area contributed by atoms with E-state index in [0.717, 1.165) is 4.57 Å². The molecule has 0 spiro atoms. The van der Waals surface area contributed by atoms with Gasteiger partial charge in [-0.05, 0) is 42.0 Å². The minimum atomic E-state index is -0.655. The van der Waals surface area contributed by atoms with E-state index in [4.69, 9.17) is 11.6 Å². The summed E-state index contributed by atoms with van der Waals surface area (Å²) in [6.45, 7) is -0.361. The average Bonchev–Trinajstić information content (AvgIpc) is 2.63. The molecule has 3 aromatic rings. The first-order valence-electron chi connectivity index (χ1n) is 8.02. The number of anilines is 1. The van der Waals surface area contributed by atoms with Crippen molar-refractivity contribution in [3.63, 3.8) is 0 Å². The maximum atomic E-state index is 13.3. The lowest BCUT2D eigenvalue weighted by Crippen LogP contribution is -2.41. The van der Waals surface area contributed by atoms with Gasteiger partial charge < -0.3 is 5.32 Å². The van der Waals surface area contributed by atoms with Crippen LogP contribution >= 0.6 is 11.6 Å². The molecule has 3 rings (SSSR count). The van der Waals surface area contributed by atoms with Gasteiger partial charge in [-0.25, -0.2) is 9.18 Å². The van der Waals surface area contributed by atoms with E-state index in [9.17, 15) is 18.8 Å². The summed E-state index contributed by atoms with van der Waals surface area (Å²) in [5.41, 5.74) is -0.193. The number of benzene rings is 2. The molecule has 1 heterocycles. The molecule has 8 heteroatoms. The summed E-state index contributed by atoms with van der Waals surface area (Å²) >= 11 is 5.79. The number of nitrogens with one attached hydrogen (secondary N) is 1. The third kappa shape index (κ3) is 4.71. The highest BCUT2D eigenvalue weighted by Gasteiger charge is 2.11. The SMILES string of the molecule is O=C(Cn1c(=O)ccn(Cc2cccc(F)c2)c1=O)Nc1ccc(Cl)cc1. The van der Waals surface area contributed by atoms with Crippen molar-refractivity contribution < 1.29 is 9.18 Å². The molecular formula is C19H15ClFN3O3. The minimum Gasteiger partial charge on any atom is -0.325 e. The number of amides is 1. The normalized spacial score (nSPS) is 10.6. The summed E-state index contributed by atoms with van der Waals surface area (Å²) in [4.78, 5) is 36.8. The molecule has 0 bridgehead atoms. The third-order valence-corrected chi connectivity index (χ3v) is 4.06. The van der Waals surface area contributed by atoms with E-state index in [1.165, 1.54) is 35.0 Å². The molecule has 0 aliphatic heterocycles. The highest BCUT2D eigenvalue weighted by atomic mass is 35.5. The standard InChI is InChI=1S/C19H15ClFN3O3/c20-14-4-6-16(7-5-14)22-17(25)12-24-18(26)8-9-23(19(24)27)11-13-2-1-3-15(21)10-13/h1-10H,11-12H2,(H,22,25). The van der Waals surface area contributed by atoms with Crippen molar-refractivity contribution in [3.8, 4) is 0 Å². The maximum absolute atomic E-state index is 13.3. The van der Waals surface area contributed by atoms with Crippen molar-refractivity contribution in [3.05, 3.63) is 98.0 Å². The molecule has 0 unspecified atom stereocenters. The molecule has 0 aliphatic rings. The van der Waals surface area contributed by atoms with Crippen LogP contribution in [0.4, 0.5) is 10.1 Å². The van der Waals surface area contributed by atoms with Crippen LogP contribution in [0.3, 0.4) is 0 Å². The molecule has 0 saturated heterocycles. The first-order chi connectivity index (χ1) is 12.9. The fourth-order valence-electron chi connectivity index (χ4n) is 2.53. The van der Waals surface area contributed by atoms with Gasteiger partial charge in [-0.1, -0.05) is 23.7 Å². The van der Waals surface area contributed by atoms with Crippen molar-refractivity contribution in [2.45, 2.75) is 13.1 Å². The number of carbonyl (C=O) groups is 1. The van der Waals surface area contributed by atoms with Gasteiger partial charge in [0.2, 0.25) is 5.91 Å². The highest BCUT2D eigenvalue weighted by Crippen LogP contribution is 2.13. The summed E-state index contributed by atoms with van der Waals surface area (Å²) in [5, 5.41) is 3.11. The number of aromatic nitrogens is 2. The van der Waals surface area contributed by atoms with Crippen molar-refractivity contribution in [1.82, 2.24) is 9.13 Å². The summed E-state index contributed by atoms with van der Waals surface area (Å²) < 4.78 is 15.4. The van der Waals surface area contributed by atoms with E-state index in [2.05, 4.69) is 5.32 Å². The molecule has 6 nitrogen and oxygen atoms in total. The molecule has 0 atom stereocenters. The lowest BCUT2D eigenvalue weighted by atomic mass is 10.2. The smallest absolute Gasteiger partial charge is 0.325 e. The topological polar surface area (TPSA) is 73.1 Å². The van der Waals surface area contributed by atoms with E-state index in [0.29, 0.717) is 16.3 Å². The Morgan fingerprint density at radius 2 is 1.81 bits per heavy atom. The molecular weight excluding hydrogens is 373 g/mol. The summed E-state index contributed by atoms with van der Waals surface area (Å²) in [7, 11) is 0. The molecule has 2 aromatic carbocycles. The Morgan fingerprint density at radius 1 is 1.07 bits per heavy atom. The van der Waals surface area contributed by atoms with Gasteiger partial charge in [-0.3, -0.25) is 18.7 Å². The number of nitrogens with zero attached hydrogens (tertiary/aromatic N) is 2.